The molecule has 0 atom stereocenters. The standard InChI is InChI=1S/C17H14N2O2S/c1-9-10(2)22-17-13(9)16(21)18-15-14(12(20)8-19(15)17)11-6-4-3-5-7-11/h3-7,20H,8H2,1-2H3. The molecule has 0 fully saturated rings. The fourth-order valence-corrected chi connectivity index (χ4v) is 4.10. The quantitative estimate of drug-likeness (QED) is 0.749. The molecule has 0 bridgehead atoms. The largest absolute Gasteiger partial charge is 0.510 e. The molecule has 0 unspecified atom stereocenters. The highest BCUT2D eigenvalue weighted by atomic mass is 32.1. The Morgan fingerprint density at radius 1 is 1.23 bits per heavy atom. The maximum atomic E-state index is 12.4. The van der Waals surface area contributed by atoms with Crippen molar-refractivity contribution in [3.63, 3.8) is 0 Å². The van der Waals surface area contributed by atoms with Crippen molar-refractivity contribution in [1.82, 2.24) is 9.55 Å². The van der Waals surface area contributed by atoms with Gasteiger partial charge in [-0.25, -0.2) is 0 Å². The SMILES string of the molecule is Cc1sc2c(c1C)c(=O)nc1n2CC(O)=C1c1ccccc1. The summed E-state index contributed by atoms with van der Waals surface area (Å²) in [6.45, 7) is 4.32. The Kier molecular flexibility index (Phi) is 2.74. The molecule has 0 spiro atoms. The second-order valence-corrected chi connectivity index (χ2v) is 6.68. The molecular formula is C17H14N2O2S. The van der Waals surface area contributed by atoms with Crippen LogP contribution in [0.5, 0.6) is 0 Å². The summed E-state index contributed by atoms with van der Waals surface area (Å²) in [7, 11) is 0. The van der Waals surface area contributed by atoms with Crippen LogP contribution in [0.25, 0.3) is 15.8 Å². The molecule has 1 aromatic carbocycles. The van der Waals surface area contributed by atoms with Crippen LogP contribution in [0, 0.1) is 13.8 Å². The van der Waals surface area contributed by atoms with Gasteiger partial charge in [0.2, 0.25) is 0 Å². The highest BCUT2D eigenvalue weighted by Crippen LogP contribution is 2.36. The summed E-state index contributed by atoms with van der Waals surface area (Å²) in [5, 5.41) is 11.1. The van der Waals surface area contributed by atoms with Crippen LogP contribution in [0.2, 0.25) is 0 Å². The molecule has 0 amide bonds. The Morgan fingerprint density at radius 3 is 2.68 bits per heavy atom. The molecule has 4 nitrogen and oxygen atoms in total. The monoisotopic (exact) mass is 310 g/mol. The Labute approximate surface area is 131 Å². The zero-order valence-corrected chi connectivity index (χ0v) is 13.1. The van der Waals surface area contributed by atoms with Crippen molar-refractivity contribution >= 4 is 27.1 Å². The number of aliphatic hydroxyl groups is 1. The van der Waals surface area contributed by atoms with E-state index in [1.807, 2.05) is 48.7 Å². The van der Waals surface area contributed by atoms with Crippen molar-refractivity contribution in [2.45, 2.75) is 20.4 Å². The lowest BCUT2D eigenvalue weighted by atomic mass is 10.1. The van der Waals surface area contributed by atoms with Gasteiger partial charge in [-0.05, 0) is 25.0 Å². The van der Waals surface area contributed by atoms with Crippen LogP contribution >= 0.6 is 11.3 Å². The molecule has 5 heteroatoms. The average molecular weight is 310 g/mol. The molecule has 2 aromatic heterocycles. The second-order valence-electron chi connectivity index (χ2n) is 5.48. The van der Waals surface area contributed by atoms with E-state index in [4.69, 9.17) is 0 Å². The van der Waals surface area contributed by atoms with E-state index in [1.165, 1.54) is 0 Å². The predicted octanol–water partition coefficient (Wildman–Crippen LogP) is 3.41. The molecule has 0 aliphatic carbocycles. The van der Waals surface area contributed by atoms with Crippen molar-refractivity contribution in [2.24, 2.45) is 0 Å². The number of fused-ring (bicyclic) bond motifs is 3. The van der Waals surface area contributed by atoms with Crippen LogP contribution in [-0.4, -0.2) is 14.7 Å². The van der Waals surface area contributed by atoms with Gasteiger partial charge in [0.05, 0.1) is 17.5 Å². The average Bonchev–Trinajstić information content (AvgIpc) is 2.98. The molecular weight excluding hydrogens is 296 g/mol. The maximum absolute atomic E-state index is 12.4. The molecule has 3 aromatic rings. The molecule has 1 aliphatic heterocycles. The highest BCUT2D eigenvalue weighted by molar-refractivity contribution is 7.18. The smallest absolute Gasteiger partial charge is 0.282 e. The minimum Gasteiger partial charge on any atom is -0.510 e. The van der Waals surface area contributed by atoms with E-state index in [0.29, 0.717) is 23.3 Å². The van der Waals surface area contributed by atoms with Crippen molar-refractivity contribution in [2.75, 3.05) is 0 Å². The minimum atomic E-state index is -0.216. The van der Waals surface area contributed by atoms with Gasteiger partial charge >= 0.3 is 0 Å². The molecule has 0 saturated carbocycles. The predicted molar refractivity (Wildman–Crippen MR) is 88.4 cm³/mol. The van der Waals surface area contributed by atoms with Crippen molar-refractivity contribution in [1.29, 1.82) is 0 Å². The molecule has 1 N–H and O–H groups in total. The summed E-state index contributed by atoms with van der Waals surface area (Å²) in [4.78, 5) is 18.7. The number of nitrogens with zero attached hydrogens (tertiary/aromatic N) is 2. The van der Waals surface area contributed by atoms with E-state index in [2.05, 4.69) is 4.98 Å². The lowest BCUT2D eigenvalue weighted by Gasteiger charge is -2.07. The van der Waals surface area contributed by atoms with Gasteiger partial charge in [-0.3, -0.25) is 4.79 Å². The number of thiophene rings is 1. The summed E-state index contributed by atoms with van der Waals surface area (Å²) in [5.41, 5.74) is 2.30. The van der Waals surface area contributed by atoms with Crippen LogP contribution < -0.4 is 5.56 Å². The van der Waals surface area contributed by atoms with E-state index >= 15 is 0 Å². The molecule has 0 radical (unpaired) electrons. The number of rotatable bonds is 1. The first-order valence-electron chi connectivity index (χ1n) is 7.06. The molecule has 0 saturated heterocycles. The zero-order valence-electron chi connectivity index (χ0n) is 12.3. The number of aromatic nitrogens is 2. The lowest BCUT2D eigenvalue weighted by molar-refractivity contribution is 0.389. The van der Waals surface area contributed by atoms with E-state index < -0.39 is 0 Å². The van der Waals surface area contributed by atoms with E-state index in [9.17, 15) is 9.90 Å². The van der Waals surface area contributed by atoms with Crippen LogP contribution in [0.15, 0.2) is 40.9 Å². The van der Waals surface area contributed by atoms with Gasteiger partial charge in [-0.15, -0.1) is 11.3 Å². The number of benzene rings is 1. The lowest BCUT2D eigenvalue weighted by Crippen LogP contribution is -2.15. The van der Waals surface area contributed by atoms with E-state index in [-0.39, 0.29) is 11.3 Å². The van der Waals surface area contributed by atoms with Crippen LogP contribution in [0.1, 0.15) is 21.8 Å². The summed E-state index contributed by atoms with van der Waals surface area (Å²) < 4.78 is 1.94. The van der Waals surface area contributed by atoms with Gasteiger partial charge in [0.15, 0.2) is 0 Å². The number of allylic oxidation sites excluding steroid dienone is 1. The van der Waals surface area contributed by atoms with Gasteiger partial charge in [0.25, 0.3) is 5.56 Å². The Morgan fingerprint density at radius 2 is 1.95 bits per heavy atom. The zero-order chi connectivity index (χ0) is 15.4. The molecule has 1 aliphatic rings. The first-order chi connectivity index (χ1) is 10.6. The van der Waals surface area contributed by atoms with Gasteiger partial charge < -0.3 is 9.67 Å². The van der Waals surface area contributed by atoms with Crippen molar-refractivity contribution in [3.05, 3.63) is 68.3 Å². The second kappa shape index (κ2) is 4.55. The fourth-order valence-electron chi connectivity index (χ4n) is 2.96. The summed E-state index contributed by atoms with van der Waals surface area (Å²) >= 11 is 1.58. The summed E-state index contributed by atoms with van der Waals surface area (Å²) in [6.07, 6.45) is 0. The van der Waals surface area contributed by atoms with Gasteiger partial charge in [0, 0.05) is 4.88 Å². The minimum absolute atomic E-state index is 0.216. The Balaban J connectivity index is 2.06. The number of hydrogen-bond donors (Lipinski definition) is 1. The topological polar surface area (TPSA) is 55.1 Å². The van der Waals surface area contributed by atoms with Gasteiger partial charge in [-0.2, -0.15) is 4.98 Å². The fraction of sp³-hybridized carbons (Fsp3) is 0.176. The Bertz CT molecular complexity index is 997. The third-order valence-electron chi connectivity index (χ3n) is 4.17. The highest BCUT2D eigenvalue weighted by Gasteiger charge is 2.27. The molecule has 3 heterocycles. The first-order valence-corrected chi connectivity index (χ1v) is 7.88. The molecule has 110 valence electrons. The number of aliphatic hydroxyl groups excluding tert-OH is 1. The Hall–Kier alpha value is -2.40. The van der Waals surface area contributed by atoms with Gasteiger partial charge in [-0.1, -0.05) is 30.3 Å². The normalized spacial score (nSPS) is 13.9. The van der Waals surface area contributed by atoms with Crippen LogP contribution in [-0.2, 0) is 6.54 Å². The van der Waals surface area contributed by atoms with E-state index in [0.717, 1.165) is 20.8 Å². The van der Waals surface area contributed by atoms with Gasteiger partial charge in [0.1, 0.15) is 16.4 Å². The summed E-state index contributed by atoms with van der Waals surface area (Å²) in [5.74, 6) is 0.816. The molecule has 22 heavy (non-hydrogen) atoms. The van der Waals surface area contributed by atoms with Crippen LogP contribution in [0.3, 0.4) is 0 Å². The van der Waals surface area contributed by atoms with Crippen molar-refractivity contribution < 1.29 is 5.11 Å². The third-order valence-corrected chi connectivity index (χ3v) is 5.40. The first kappa shape index (κ1) is 13.3. The number of aryl methyl sites for hydroxylation is 2. The van der Waals surface area contributed by atoms with Crippen LogP contribution in [0.4, 0.5) is 0 Å². The number of hydrogen-bond acceptors (Lipinski definition) is 4. The maximum Gasteiger partial charge on any atom is 0.282 e. The van der Waals surface area contributed by atoms with E-state index in [1.54, 1.807) is 11.3 Å². The molecule has 4 rings (SSSR count). The van der Waals surface area contributed by atoms with Crippen molar-refractivity contribution in [3.8, 4) is 0 Å². The third kappa shape index (κ3) is 1.69. The summed E-state index contributed by atoms with van der Waals surface area (Å²) in [6, 6.07) is 9.58.